The number of hydrogen-bond donors (Lipinski definition) is 2. The number of imidazole rings is 1. The SMILES string of the molecule is Cc1cccc(-c2nc3ccc(C(=O)O)cc3[nH]2)n1. The van der Waals surface area contributed by atoms with Crippen LogP contribution in [0.2, 0.25) is 0 Å². The van der Waals surface area contributed by atoms with E-state index in [-0.39, 0.29) is 5.56 Å². The number of nitrogens with zero attached hydrogens (tertiary/aromatic N) is 2. The summed E-state index contributed by atoms with van der Waals surface area (Å²) in [7, 11) is 0. The van der Waals surface area contributed by atoms with Crippen molar-refractivity contribution in [1.29, 1.82) is 0 Å². The minimum atomic E-state index is -0.952. The van der Waals surface area contributed by atoms with Gasteiger partial charge in [-0.1, -0.05) is 6.07 Å². The molecule has 0 aliphatic carbocycles. The molecule has 0 spiro atoms. The molecular formula is C14H11N3O2. The van der Waals surface area contributed by atoms with Crippen molar-refractivity contribution < 1.29 is 9.90 Å². The fourth-order valence-electron chi connectivity index (χ4n) is 1.94. The lowest BCUT2D eigenvalue weighted by Crippen LogP contribution is -1.94. The first kappa shape index (κ1) is 11.4. The Labute approximate surface area is 109 Å². The van der Waals surface area contributed by atoms with Crippen molar-refractivity contribution in [2.75, 3.05) is 0 Å². The number of carboxylic acid groups (broad SMARTS) is 1. The van der Waals surface area contributed by atoms with Crippen LogP contribution in [0.3, 0.4) is 0 Å². The molecular weight excluding hydrogens is 242 g/mol. The number of H-pyrrole nitrogens is 1. The van der Waals surface area contributed by atoms with Crippen LogP contribution in [0.4, 0.5) is 0 Å². The first-order chi connectivity index (χ1) is 9.13. The highest BCUT2D eigenvalue weighted by atomic mass is 16.4. The molecule has 0 fully saturated rings. The maximum atomic E-state index is 10.9. The Morgan fingerprint density at radius 3 is 2.79 bits per heavy atom. The number of pyridine rings is 1. The van der Waals surface area contributed by atoms with E-state index < -0.39 is 5.97 Å². The van der Waals surface area contributed by atoms with Crippen LogP contribution in [-0.2, 0) is 0 Å². The van der Waals surface area contributed by atoms with Gasteiger partial charge in [-0.3, -0.25) is 0 Å². The second-order valence-electron chi connectivity index (χ2n) is 4.29. The zero-order chi connectivity index (χ0) is 13.4. The number of nitrogens with one attached hydrogen (secondary N) is 1. The Kier molecular flexibility index (Phi) is 2.52. The van der Waals surface area contributed by atoms with Crippen LogP contribution in [0.25, 0.3) is 22.6 Å². The van der Waals surface area contributed by atoms with E-state index in [9.17, 15) is 4.79 Å². The van der Waals surface area contributed by atoms with Gasteiger partial charge in [-0.15, -0.1) is 0 Å². The van der Waals surface area contributed by atoms with Crippen molar-refractivity contribution >= 4 is 17.0 Å². The summed E-state index contributed by atoms with van der Waals surface area (Å²) < 4.78 is 0. The molecule has 2 heterocycles. The first-order valence-electron chi connectivity index (χ1n) is 5.80. The summed E-state index contributed by atoms with van der Waals surface area (Å²) in [5.41, 5.74) is 3.30. The van der Waals surface area contributed by atoms with E-state index >= 15 is 0 Å². The summed E-state index contributed by atoms with van der Waals surface area (Å²) in [5, 5.41) is 8.96. The summed E-state index contributed by atoms with van der Waals surface area (Å²) in [4.78, 5) is 22.8. The van der Waals surface area contributed by atoms with Crippen molar-refractivity contribution in [3.63, 3.8) is 0 Å². The molecule has 5 heteroatoms. The van der Waals surface area contributed by atoms with Crippen molar-refractivity contribution in [1.82, 2.24) is 15.0 Å². The van der Waals surface area contributed by atoms with E-state index in [1.165, 1.54) is 0 Å². The first-order valence-corrected chi connectivity index (χ1v) is 5.80. The molecule has 0 unspecified atom stereocenters. The second kappa shape index (κ2) is 4.20. The standard InChI is InChI=1S/C14H11N3O2/c1-8-3-2-4-11(15-8)13-16-10-6-5-9(14(18)19)7-12(10)17-13/h2-7H,1H3,(H,16,17)(H,18,19). The number of benzene rings is 1. The van der Waals surface area contributed by atoms with Crippen LogP contribution in [0, 0.1) is 6.92 Å². The van der Waals surface area contributed by atoms with Gasteiger partial charge >= 0.3 is 5.97 Å². The van der Waals surface area contributed by atoms with Crippen LogP contribution in [-0.4, -0.2) is 26.0 Å². The summed E-state index contributed by atoms with van der Waals surface area (Å²) in [5.74, 6) is -0.312. The number of hydrogen-bond acceptors (Lipinski definition) is 3. The molecule has 0 radical (unpaired) electrons. The number of carboxylic acids is 1. The van der Waals surface area contributed by atoms with Gasteiger partial charge in [0.1, 0.15) is 5.69 Å². The van der Waals surface area contributed by atoms with Crippen LogP contribution in [0.15, 0.2) is 36.4 Å². The molecule has 0 aliphatic rings. The average molecular weight is 253 g/mol. The molecule has 0 atom stereocenters. The molecule has 0 bridgehead atoms. The molecule has 1 aromatic carbocycles. The van der Waals surface area contributed by atoms with Crippen molar-refractivity contribution in [3.8, 4) is 11.5 Å². The molecule has 0 saturated carbocycles. The van der Waals surface area contributed by atoms with Gasteiger partial charge in [-0.05, 0) is 37.3 Å². The molecule has 19 heavy (non-hydrogen) atoms. The predicted octanol–water partition coefficient (Wildman–Crippen LogP) is 2.63. The highest BCUT2D eigenvalue weighted by molar-refractivity contribution is 5.92. The Morgan fingerprint density at radius 2 is 2.05 bits per heavy atom. The number of fused-ring (bicyclic) bond motifs is 1. The van der Waals surface area contributed by atoms with Crippen LogP contribution in [0.1, 0.15) is 16.1 Å². The van der Waals surface area contributed by atoms with E-state index in [0.717, 1.165) is 16.9 Å². The highest BCUT2D eigenvalue weighted by Crippen LogP contribution is 2.20. The van der Waals surface area contributed by atoms with Gasteiger partial charge in [0.2, 0.25) is 0 Å². The van der Waals surface area contributed by atoms with Gasteiger partial charge in [0.05, 0.1) is 16.6 Å². The van der Waals surface area contributed by atoms with E-state index in [4.69, 9.17) is 5.11 Å². The van der Waals surface area contributed by atoms with Crippen molar-refractivity contribution in [2.24, 2.45) is 0 Å². The number of aromatic carboxylic acids is 1. The summed E-state index contributed by atoms with van der Waals surface area (Å²) in [6.07, 6.45) is 0. The maximum Gasteiger partial charge on any atom is 0.335 e. The summed E-state index contributed by atoms with van der Waals surface area (Å²) in [6.45, 7) is 1.91. The Morgan fingerprint density at radius 1 is 1.21 bits per heavy atom. The largest absolute Gasteiger partial charge is 0.478 e. The van der Waals surface area contributed by atoms with Crippen molar-refractivity contribution in [3.05, 3.63) is 47.7 Å². The second-order valence-corrected chi connectivity index (χ2v) is 4.29. The Balaban J connectivity index is 2.14. The zero-order valence-corrected chi connectivity index (χ0v) is 10.2. The number of aryl methyl sites for hydroxylation is 1. The molecule has 3 rings (SSSR count). The molecule has 2 N–H and O–H groups in total. The lowest BCUT2D eigenvalue weighted by atomic mass is 10.2. The van der Waals surface area contributed by atoms with Crippen LogP contribution >= 0.6 is 0 Å². The lowest BCUT2D eigenvalue weighted by molar-refractivity contribution is 0.0697. The molecule has 5 nitrogen and oxygen atoms in total. The number of aromatic amines is 1. The Hall–Kier alpha value is -2.69. The van der Waals surface area contributed by atoms with Gasteiger partial charge in [0.25, 0.3) is 0 Å². The van der Waals surface area contributed by atoms with E-state index in [1.807, 2.05) is 25.1 Å². The third kappa shape index (κ3) is 2.06. The Bertz CT molecular complexity index is 777. The fraction of sp³-hybridized carbons (Fsp3) is 0.0714. The minimum Gasteiger partial charge on any atom is -0.478 e. The van der Waals surface area contributed by atoms with Gasteiger partial charge in [0.15, 0.2) is 5.82 Å². The lowest BCUT2D eigenvalue weighted by Gasteiger charge is -1.96. The molecule has 0 saturated heterocycles. The highest BCUT2D eigenvalue weighted by Gasteiger charge is 2.09. The smallest absolute Gasteiger partial charge is 0.335 e. The van der Waals surface area contributed by atoms with E-state index in [1.54, 1.807) is 18.2 Å². The van der Waals surface area contributed by atoms with Crippen molar-refractivity contribution in [2.45, 2.75) is 6.92 Å². The quantitative estimate of drug-likeness (QED) is 0.735. The van der Waals surface area contributed by atoms with Gasteiger partial charge < -0.3 is 10.1 Å². The number of carbonyl (C=O) groups is 1. The van der Waals surface area contributed by atoms with Gasteiger partial charge in [-0.2, -0.15) is 0 Å². The van der Waals surface area contributed by atoms with Gasteiger partial charge in [0, 0.05) is 5.69 Å². The van der Waals surface area contributed by atoms with Crippen LogP contribution < -0.4 is 0 Å². The molecule has 0 aliphatic heterocycles. The number of aromatic nitrogens is 3. The molecule has 0 amide bonds. The normalized spacial score (nSPS) is 10.8. The van der Waals surface area contributed by atoms with E-state index in [0.29, 0.717) is 11.3 Å². The maximum absolute atomic E-state index is 10.9. The summed E-state index contributed by atoms with van der Waals surface area (Å²) >= 11 is 0. The average Bonchev–Trinajstić information content (AvgIpc) is 2.81. The van der Waals surface area contributed by atoms with Gasteiger partial charge in [-0.25, -0.2) is 14.8 Å². The topological polar surface area (TPSA) is 78.9 Å². The van der Waals surface area contributed by atoms with Crippen LogP contribution in [0.5, 0.6) is 0 Å². The third-order valence-corrected chi connectivity index (χ3v) is 2.86. The van der Waals surface area contributed by atoms with E-state index in [2.05, 4.69) is 15.0 Å². The monoisotopic (exact) mass is 253 g/mol. The molecule has 3 aromatic rings. The fourth-order valence-corrected chi connectivity index (χ4v) is 1.94. The molecule has 94 valence electrons. The third-order valence-electron chi connectivity index (χ3n) is 2.86. The molecule has 2 aromatic heterocycles. The zero-order valence-electron chi connectivity index (χ0n) is 10.2. The predicted molar refractivity (Wildman–Crippen MR) is 71.0 cm³/mol. The number of rotatable bonds is 2. The summed E-state index contributed by atoms with van der Waals surface area (Å²) in [6, 6.07) is 10.5. The minimum absolute atomic E-state index is 0.236.